The Kier molecular flexibility index (Phi) is 7.13. The zero-order valence-corrected chi connectivity index (χ0v) is 20.1. The van der Waals surface area contributed by atoms with Crippen molar-refractivity contribution in [2.75, 3.05) is 82.7 Å². The molecule has 8 nitrogen and oxygen atoms in total. The molecule has 0 aliphatic carbocycles. The van der Waals surface area contributed by atoms with E-state index in [0.29, 0.717) is 19.1 Å². The van der Waals surface area contributed by atoms with Gasteiger partial charge in [-0.15, -0.1) is 0 Å². The van der Waals surface area contributed by atoms with E-state index in [-0.39, 0.29) is 6.03 Å². The number of methoxy groups -OCH3 is 2. The van der Waals surface area contributed by atoms with Crippen LogP contribution in [0.2, 0.25) is 0 Å². The number of piperazine rings is 1. The van der Waals surface area contributed by atoms with E-state index >= 15 is 0 Å². The highest BCUT2D eigenvalue weighted by Crippen LogP contribution is 2.33. The van der Waals surface area contributed by atoms with Crippen LogP contribution < -0.4 is 24.6 Å². The van der Waals surface area contributed by atoms with Gasteiger partial charge in [-0.1, -0.05) is 0 Å². The molecule has 2 fully saturated rings. The van der Waals surface area contributed by atoms with Crippen LogP contribution in [-0.2, 0) is 0 Å². The molecular weight excluding hydrogens is 418 g/mol. The van der Waals surface area contributed by atoms with E-state index in [9.17, 15) is 4.79 Å². The smallest absolute Gasteiger partial charge is 0.321 e. The van der Waals surface area contributed by atoms with Crippen LogP contribution in [0.15, 0.2) is 42.5 Å². The molecule has 4 rings (SSSR count). The van der Waals surface area contributed by atoms with E-state index in [2.05, 4.69) is 46.2 Å². The van der Waals surface area contributed by atoms with Gasteiger partial charge in [0.1, 0.15) is 11.5 Å². The fraction of sp³-hybridized carbons (Fsp3) is 0.480. The zero-order valence-electron chi connectivity index (χ0n) is 20.1. The molecule has 2 heterocycles. The summed E-state index contributed by atoms with van der Waals surface area (Å²) < 4.78 is 10.8. The van der Waals surface area contributed by atoms with Gasteiger partial charge in [0.05, 0.1) is 19.9 Å². The summed E-state index contributed by atoms with van der Waals surface area (Å²) in [6.45, 7) is 4.91. The van der Waals surface area contributed by atoms with E-state index in [1.54, 1.807) is 14.2 Å². The van der Waals surface area contributed by atoms with Crippen LogP contribution in [0.1, 0.15) is 6.42 Å². The second kappa shape index (κ2) is 10.2. The minimum absolute atomic E-state index is 0.0575. The van der Waals surface area contributed by atoms with Crippen molar-refractivity contribution in [3.63, 3.8) is 0 Å². The molecule has 2 aromatic rings. The lowest BCUT2D eigenvalue weighted by molar-refractivity contribution is 0.208. The lowest BCUT2D eigenvalue weighted by atomic mass is 10.2. The molecule has 2 aromatic carbocycles. The molecule has 0 bridgehead atoms. The number of urea groups is 1. The molecule has 0 radical (unpaired) electrons. The highest BCUT2D eigenvalue weighted by molar-refractivity contribution is 5.89. The van der Waals surface area contributed by atoms with E-state index in [1.165, 1.54) is 12.1 Å². The third kappa shape index (κ3) is 5.27. The van der Waals surface area contributed by atoms with Crippen molar-refractivity contribution in [3.05, 3.63) is 42.5 Å². The number of hydrogen-bond donors (Lipinski definition) is 1. The average Bonchev–Trinajstić information content (AvgIpc) is 3.35. The van der Waals surface area contributed by atoms with Gasteiger partial charge in [0.15, 0.2) is 0 Å². The maximum atomic E-state index is 12.8. The second-order valence-electron chi connectivity index (χ2n) is 8.84. The standard InChI is InChI=1S/C25H35N5O3/c1-27(2)21-11-12-30(18-21)20-7-5-19(6-8-20)26-25(31)29-15-13-28(14-16-29)23-10-9-22(32-3)17-24(23)33-4/h5-10,17,21H,11-16,18H2,1-4H3,(H,26,31). The van der Waals surface area contributed by atoms with Crippen molar-refractivity contribution >= 4 is 23.1 Å². The topological polar surface area (TPSA) is 60.5 Å². The molecule has 1 atom stereocenters. The summed E-state index contributed by atoms with van der Waals surface area (Å²) in [4.78, 5) is 21.6. The van der Waals surface area contributed by atoms with Crippen molar-refractivity contribution in [1.82, 2.24) is 9.80 Å². The first-order chi connectivity index (χ1) is 16.0. The molecule has 2 aliphatic heterocycles. The molecule has 8 heteroatoms. The number of carbonyl (C=O) groups excluding carboxylic acids is 1. The number of nitrogens with one attached hydrogen (secondary N) is 1. The van der Waals surface area contributed by atoms with E-state index < -0.39 is 0 Å². The molecular formula is C25H35N5O3. The van der Waals surface area contributed by atoms with Crippen molar-refractivity contribution < 1.29 is 14.3 Å². The van der Waals surface area contributed by atoms with Crippen LogP contribution in [0.25, 0.3) is 0 Å². The minimum Gasteiger partial charge on any atom is -0.497 e. The Morgan fingerprint density at radius 3 is 2.27 bits per heavy atom. The van der Waals surface area contributed by atoms with Gasteiger partial charge in [-0.3, -0.25) is 0 Å². The first kappa shape index (κ1) is 23.0. The zero-order chi connectivity index (χ0) is 23.4. The van der Waals surface area contributed by atoms with Crippen LogP contribution in [0, 0.1) is 0 Å². The lowest BCUT2D eigenvalue weighted by Crippen LogP contribution is -2.50. The van der Waals surface area contributed by atoms with Gasteiger partial charge >= 0.3 is 6.03 Å². The summed E-state index contributed by atoms with van der Waals surface area (Å²) in [6.07, 6.45) is 1.18. The molecule has 2 saturated heterocycles. The monoisotopic (exact) mass is 453 g/mol. The summed E-state index contributed by atoms with van der Waals surface area (Å²) in [6, 6.07) is 14.6. The highest BCUT2D eigenvalue weighted by atomic mass is 16.5. The quantitative estimate of drug-likeness (QED) is 0.725. The number of amides is 2. The fourth-order valence-electron chi connectivity index (χ4n) is 4.55. The number of rotatable bonds is 6. The fourth-order valence-corrected chi connectivity index (χ4v) is 4.55. The van der Waals surface area contributed by atoms with Crippen molar-refractivity contribution in [2.24, 2.45) is 0 Å². The Balaban J connectivity index is 1.30. The van der Waals surface area contributed by atoms with Crippen molar-refractivity contribution in [3.8, 4) is 11.5 Å². The summed E-state index contributed by atoms with van der Waals surface area (Å²) in [5.74, 6) is 1.55. The predicted octanol–water partition coefficient (Wildman–Crippen LogP) is 3.20. The summed E-state index contributed by atoms with van der Waals surface area (Å²) in [7, 11) is 7.59. The normalized spacial score (nSPS) is 18.6. The second-order valence-corrected chi connectivity index (χ2v) is 8.84. The number of anilines is 3. The average molecular weight is 454 g/mol. The van der Waals surface area contributed by atoms with Gasteiger partial charge in [0.2, 0.25) is 0 Å². The van der Waals surface area contributed by atoms with Gasteiger partial charge < -0.3 is 34.4 Å². The Morgan fingerprint density at radius 1 is 0.939 bits per heavy atom. The largest absolute Gasteiger partial charge is 0.497 e. The van der Waals surface area contributed by atoms with Gasteiger partial charge in [-0.25, -0.2) is 4.79 Å². The maximum Gasteiger partial charge on any atom is 0.321 e. The van der Waals surface area contributed by atoms with Crippen LogP contribution in [-0.4, -0.2) is 89.5 Å². The Labute approximate surface area is 196 Å². The first-order valence-electron chi connectivity index (χ1n) is 11.5. The SMILES string of the molecule is COc1ccc(N2CCN(C(=O)Nc3ccc(N4CCC(N(C)C)C4)cc3)CC2)c(OC)c1. The number of ether oxygens (including phenoxy) is 2. The van der Waals surface area contributed by atoms with E-state index in [0.717, 1.165) is 49.1 Å². The number of likely N-dealkylation sites (N-methyl/N-ethyl adjacent to an activating group) is 1. The molecule has 0 aromatic heterocycles. The first-order valence-corrected chi connectivity index (χ1v) is 11.5. The summed E-state index contributed by atoms with van der Waals surface area (Å²) in [5, 5.41) is 3.05. The van der Waals surface area contributed by atoms with Gasteiger partial charge in [-0.2, -0.15) is 0 Å². The van der Waals surface area contributed by atoms with Crippen molar-refractivity contribution in [1.29, 1.82) is 0 Å². The van der Waals surface area contributed by atoms with E-state index in [4.69, 9.17) is 9.47 Å². The highest BCUT2D eigenvalue weighted by Gasteiger charge is 2.25. The third-order valence-corrected chi connectivity index (χ3v) is 6.67. The number of hydrogen-bond acceptors (Lipinski definition) is 6. The van der Waals surface area contributed by atoms with Crippen LogP contribution in [0.3, 0.4) is 0 Å². The Morgan fingerprint density at radius 2 is 1.67 bits per heavy atom. The summed E-state index contributed by atoms with van der Waals surface area (Å²) in [5.41, 5.74) is 3.05. The number of carbonyl (C=O) groups is 1. The van der Waals surface area contributed by atoms with Crippen LogP contribution in [0.4, 0.5) is 21.9 Å². The number of nitrogens with zero attached hydrogens (tertiary/aromatic N) is 4. The maximum absolute atomic E-state index is 12.8. The molecule has 33 heavy (non-hydrogen) atoms. The molecule has 0 saturated carbocycles. The van der Waals surface area contributed by atoms with Gasteiger partial charge in [0, 0.05) is 62.8 Å². The predicted molar refractivity (Wildman–Crippen MR) is 133 cm³/mol. The third-order valence-electron chi connectivity index (χ3n) is 6.67. The minimum atomic E-state index is -0.0575. The molecule has 2 amide bonds. The van der Waals surface area contributed by atoms with Crippen LogP contribution in [0.5, 0.6) is 11.5 Å². The molecule has 1 unspecified atom stereocenters. The molecule has 1 N–H and O–H groups in total. The molecule has 0 spiro atoms. The number of benzene rings is 2. The summed E-state index contributed by atoms with van der Waals surface area (Å²) >= 11 is 0. The molecule has 2 aliphatic rings. The Hall–Kier alpha value is -3.13. The van der Waals surface area contributed by atoms with Gasteiger partial charge in [0.25, 0.3) is 0 Å². The van der Waals surface area contributed by atoms with E-state index in [1.807, 2.05) is 35.2 Å². The van der Waals surface area contributed by atoms with Gasteiger partial charge in [-0.05, 0) is 56.9 Å². The van der Waals surface area contributed by atoms with Crippen molar-refractivity contribution in [2.45, 2.75) is 12.5 Å². The molecule has 178 valence electrons. The van der Waals surface area contributed by atoms with Crippen LogP contribution >= 0.6 is 0 Å². The lowest BCUT2D eigenvalue weighted by Gasteiger charge is -2.36. The Bertz CT molecular complexity index is 942.